The van der Waals surface area contributed by atoms with Gasteiger partial charge in [-0.3, -0.25) is 0 Å². The van der Waals surface area contributed by atoms with Crippen LogP contribution in [0.2, 0.25) is 5.02 Å². The van der Waals surface area contributed by atoms with Crippen molar-refractivity contribution in [2.24, 2.45) is 0 Å². The standard InChI is InChI=1S/C6H4ClF2IN2/c7-2-1-3(11)12-6(10)4(2)5(8)9/h1,5H,(H2,11,12). The van der Waals surface area contributed by atoms with Gasteiger partial charge in [-0.05, 0) is 28.7 Å². The van der Waals surface area contributed by atoms with Crippen molar-refractivity contribution in [1.29, 1.82) is 0 Å². The number of halogens is 4. The van der Waals surface area contributed by atoms with Gasteiger partial charge in [0, 0.05) is 0 Å². The quantitative estimate of drug-likeness (QED) is 0.640. The molecule has 1 rings (SSSR count). The zero-order valence-corrected chi connectivity index (χ0v) is 8.60. The van der Waals surface area contributed by atoms with E-state index < -0.39 is 6.43 Å². The Kier molecular flexibility index (Phi) is 3.05. The molecule has 0 atom stereocenters. The first-order chi connectivity index (χ1) is 5.52. The van der Waals surface area contributed by atoms with Crippen LogP contribution in [-0.4, -0.2) is 4.98 Å². The maximum Gasteiger partial charge on any atom is 0.267 e. The number of alkyl halides is 2. The molecule has 2 N–H and O–H groups in total. The summed E-state index contributed by atoms with van der Waals surface area (Å²) < 4.78 is 24.6. The fraction of sp³-hybridized carbons (Fsp3) is 0.167. The summed E-state index contributed by atoms with van der Waals surface area (Å²) in [5, 5.41) is -0.0399. The van der Waals surface area contributed by atoms with Gasteiger partial charge in [0.05, 0.1) is 10.6 Å². The van der Waals surface area contributed by atoms with Crippen molar-refractivity contribution in [3.8, 4) is 0 Å². The fourth-order valence-corrected chi connectivity index (χ4v) is 1.95. The van der Waals surface area contributed by atoms with Gasteiger partial charge in [-0.25, -0.2) is 13.8 Å². The Labute approximate surface area is 86.3 Å². The van der Waals surface area contributed by atoms with Gasteiger partial charge in [0.2, 0.25) is 0 Å². The highest BCUT2D eigenvalue weighted by Crippen LogP contribution is 2.31. The first-order valence-corrected chi connectivity index (χ1v) is 4.37. The Hall–Kier alpha value is -0.170. The van der Waals surface area contributed by atoms with Crippen LogP contribution in [0.1, 0.15) is 12.0 Å². The molecule has 0 aliphatic heterocycles. The van der Waals surface area contributed by atoms with E-state index in [0.717, 1.165) is 0 Å². The Balaban J connectivity index is 3.28. The molecule has 0 aromatic carbocycles. The molecule has 0 aliphatic rings. The minimum atomic E-state index is -2.61. The molecule has 1 aromatic rings. The van der Waals surface area contributed by atoms with Crippen LogP contribution in [0.4, 0.5) is 14.6 Å². The molecule has 6 heteroatoms. The number of anilines is 1. The van der Waals surface area contributed by atoms with Gasteiger partial charge in [0.15, 0.2) is 0 Å². The molecule has 0 aliphatic carbocycles. The van der Waals surface area contributed by atoms with Gasteiger partial charge < -0.3 is 5.73 Å². The lowest BCUT2D eigenvalue weighted by atomic mass is 10.3. The highest BCUT2D eigenvalue weighted by molar-refractivity contribution is 14.1. The fourth-order valence-electron chi connectivity index (χ4n) is 0.706. The number of rotatable bonds is 1. The number of nitrogens with zero attached hydrogens (tertiary/aromatic N) is 1. The van der Waals surface area contributed by atoms with Crippen molar-refractivity contribution in [2.75, 3.05) is 5.73 Å². The molecule has 0 amide bonds. The first kappa shape index (κ1) is 9.91. The maximum absolute atomic E-state index is 12.3. The van der Waals surface area contributed by atoms with E-state index in [-0.39, 0.29) is 20.1 Å². The van der Waals surface area contributed by atoms with Crippen LogP contribution < -0.4 is 5.73 Å². The molecule has 0 spiro atoms. The zero-order chi connectivity index (χ0) is 9.30. The number of pyridine rings is 1. The highest BCUT2D eigenvalue weighted by atomic mass is 127. The summed E-state index contributed by atoms with van der Waals surface area (Å²) >= 11 is 7.20. The third-order valence-corrected chi connectivity index (χ3v) is 2.33. The van der Waals surface area contributed by atoms with Crippen molar-refractivity contribution in [1.82, 2.24) is 4.98 Å². The summed E-state index contributed by atoms with van der Waals surface area (Å²) in [7, 11) is 0. The Bertz CT molecular complexity index is 283. The van der Waals surface area contributed by atoms with Gasteiger partial charge in [-0.1, -0.05) is 11.6 Å². The van der Waals surface area contributed by atoms with Crippen LogP contribution in [0.5, 0.6) is 0 Å². The van der Waals surface area contributed by atoms with E-state index in [4.69, 9.17) is 17.3 Å². The van der Waals surface area contributed by atoms with Gasteiger partial charge in [0.25, 0.3) is 6.43 Å². The molecule has 0 unspecified atom stereocenters. The van der Waals surface area contributed by atoms with Gasteiger partial charge >= 0.3 is 0 Å². The van der Waals surface area contributed by atoms with Crippen molar-refractivity contribution in [3.05, 3.63) is 20.4 Å². The average molecular weight is 304 g/mol. The largest absolute Gasteiger partial charge is 0.384 e. The summed E-state index contributed by atoms with van der Waals surface area (Å²) in [5.74, 6) is 0.147. The van der Waals surface area contributed by atoms with Crippen molar-refractivity contribution < 1.29 is 8.78 Å². The monoisotopic (exact) mass is 304 g/mol. The van der Waals surface area contributed by atoms with E-state index in [1.807, 2.05) is 0 Å². The molecule has 1 heterocycles. The number of nitrogens with two attached hydrogens (primary N) is 1. The van der Waals surface area contributed by atoms with E-state index in [0.29, 0.717) is 0 Å². The zero-order valence-electron chi connectivity index (χ0n) is 5.69. The van der Waals surface area contributed by atoms with Crippen LogP contribution in [0.3, 0.4) is 0 Å². The van der Waals surface area contributed by atoms with Gasteiger partial charge in [-0.2, -0.15) is 0 Å². The molecule has 1 aromatic heterocycles. The second-order valence-corrected chi connectivity index (χ2v) is 3.46. The van der Waals surface area contributed by atoms with Gasteiger partial charge in [-0.15, -0.1) is 0 Å². The molecule has 66 valence electrons. The van der Waals surface area contributed by atoms with Gasteiger partial charge in [0.1, 0.15) is 9.52 Å². The minimum Gasteiger partial charge on any atom is -0.384 e. The Morgan fingerprint density at radius 2 is 2.17 bits per heavy atom. The normalized spacial score (nSPS) is 10.8. The van der Waals surface area contributed by atoms with Crippen LogP contribution in [0, 0.1) is 3.70 Å². The van der Waals surface area contributed by atoms with E-state index in [1.54, 1.807) is 22.6 Å². The second kappa shape index (κ2) is 3.69. The minimum absolute atomic E-state index is 0.0399. The first-order valence-electron chi connectivity index (χ1n) is 2.92. The van der Waals surface area contributed by atoms with Crippen molar-refractivity contribution in [2.45, 2.75) is 6.43 Å². The number of hydrogen-bond donors (Lipinski definition) is 1. The van der Waals surface area contributed by atoms with Crippen LogP contribution in [0.25, 0.3) is 0 Å². The Morgan fingerprint density at radius 1 is 1.58 bits per heavy atom. The summed E-state index contributed by atoms with van der Waals surface area (Å²) in [6, 6.07) is 1.21. The maximum atomic E-state index is 12.3. The average Bonchev–Trinajstić information content (AvgIpc) is 1.82. The molecule has 0 saturated heterocycles. The lowest BCUT2D eigenvalue weighted by molar-refractivity contribution is 0.150. The topological polar surface area (TPSA) is 38.9 Å². The summed E-state index contributed by atoms with van der Waals surface area (Å²) in [4.78, 5) is 3.66. The molecule has 0 fully saturated rings. The third-order valence-electron chi connectivity index (χ3n) is 1.20. The molecule has 12 heavy (non-hydrogen) atoms. The van der Waals surface area contributed by atoms with E-state index in [2.05, 4.69) is 4.98 Å². The molecular weight excluding hydrogens is 300 g/mol. The molecule has 0 bridgehead atoms. The van der Waals surface area contributed by atoms with E-state index in [9.17, 15) is 8.78 Å². The number of hydrogen-bond acceptors (Lipinski definition) is 2. The molecule has 2 nitrogen and oxygen atoms in total. The summed E-state index contributed by atoms with van der Waals surface area (Å²) in [6.07, 6.45) is -2.61. The van der Waals surface area contributed by atoms with Crippen molar-refractivity contribution in [3.63, 3.8) is 0 Å². The lowest BCUT2D eigenvalue weighted by Gasteiger charge is -2.05. The Morgan fingerprint density at radius 3 is 2.58 bits per heavy atom. The van der Waals surface area contributed by atoms with Crippen LogP contribution in [0.15, 0.2) is 6.07 Å². The van der Waals surface area contributed by atoms with Crippen molar-refractivity contribution >= 4 is 40.0 Å². The molecular formula is C6H4ClF2IN2. The SMILES string of the molecule is Nc1cc(Cl)c(C(F)F)c(I)n1. The predicted molar refractivity (Wildman–Crippen MR) is 51.3 cm³/mol. The number of aromatic nitrogens is 1. The predicted octanol–water partition coefficient (Wildman–Crippen LogP) is 2.86. The van der Waals surface area contributed by atoms with E-state index in [1.165, 1.54) is 6.07 Å². The lowest BCUT2D eigenvalue weighted by Crippen LogP contribution is -1.98. The summed E-state index contributed by atoms with van der Waals surface area (Å²) in [5.41, 5.74) is 5.03. The van der Waals surface area contributed by atoms with E-state index >= 15 is 0 Å². The third kappa shape index (κ3) is 1.95. The highest BCUT2D eigenvalue weighted by Gasteiger charge is 2.17. The smallest absolute Gasteiger partial charge is 0.267 e. The van der Waals surface area contributed by atoms with Crippen LogP contribution >= 0.6 is 34.2 Å². The second-order valence-electron chi connectivity index (χ2n) is 2.03. The molecule has 0 saturated carbocycles. The number of nitrogen functional groups attached to an aromatic ring is 1. The summed E-state index contributed by atoms with van der Waals surface area (Å²) in [6.45, 7) is 0. The molecule has 0 radical (unpaired) electrons. The van der Waals surface area contributed by atoms with Crippen LogP contribution in [-0.2, 0) is 0 Å².